The van der Waals surface area contributed by atoms with E-state index in [0.29, 0.717) is 21.3 Å². The first-order chi connectivity index (χ1) is 13.5. The van der Waals surface area contributed by atoms with Gasteiger partial charge in [-0.3, -0.25) is 4.79 Å². The Kier molecular flexibility index (Phi) is 6.34. The molecule has 140 valence electrons. The van der Waals surface area contributed by atoms with Crippen LogP contribution in [-0.2, 0) is 0 Å². The Bertz CT molecular complexity index is 1030. The fraction of sp³-hybridized carbons (Fsp3) is 0.0455. The normalized spacial score (nSPS) is 10.6. The van der Waals surface area contributed by atoms with Crippen LogP contribution in [0.3, 0.4) is 0 Å². The first-order valence-corrected chi connectivity index (χ1v) is 9.29. The van der Waals surface area contributed by atoms with Gasteiger partial charge in [0.2, 0.25) is 0 Å². The van der Waals surface area contributed by atoms with Crippen molar-refractivity contribution < 1.29 is 14.3 Å². The molecule has 0 aliphatic rings. The molecule has 0 atom stereocenters. The van der Waals surface area contributed by atoms with Gasteiger partial charge in [0, 0.05) is 10.0 Å². The van der Waals surface area contributed by atoms with Gasteiger partial charge in [0.1, 0.15) is 5.75 Å². The summed E-state index contributed by atoms with van der Waals surface area (Å²) < 4.78 is 6.04. The van der Waals surface area contributed by atoms with Crippen molar-refractivity contribution >= 4 is 34.0 Å². The average Bonchev–Trinajstić information content (AvgIpc) is 2.69. The number of halogens is 1. The Labute approximate surface area is 171 Å². The standard InChI is InChI=1S/C22H17BrN2O3/c1-15-5-4-6-17(13-15)21(26)25-24-14-16-9-11-18(12-10-16)28-22(27)19-7-2-3-8-20(19)23/h2-14H,1H3,(H,25,26). The Morgan fingerprint density at radius 1 is 1.00 bits per heavy atom. The summed E-state index contributed by atoms with van der Waals surface area (Å²) in [6.07, 6.45) is 1.52. The van der Waals surface area contributed by atoms with E-state index in [1.807, 2.05) is 25.1 Å². The molecular weight excluding hydrogens is 420 g/mol. The Hall–Kier alpha value is -3.25. The van der Waals surface area contributed by atoms with Crippen LogP contribution in [-0.4, -0.2) is 18.1 Å². The van der Waals surface area contributed by atoms with E-state index in [-0.39, 0.29) is 5.91 Å². The second-order valence-electron chi connectivity index (χ2n) is 6.01. The van der Waals surface area contributed by atoms with Crippen molar-refractivity contribution in [3.8, 4) is 5.75 Å². The molecule has 3 aromatic carbocycles. The quantitative estimate of drug-likeness (QED) is 0.271. The molecule has 0 aromatic heterocycles. The lowest BCUT2D eigenvalue weighted by molar-refractivity contribution is 0.0733. The number of carbonyl (C=O) groups is 2. The monoisotopic (exact) mass is 436 g/mol. The number of rotatable bonds is 5. The third-order valence-electron chi connectivity index (χ3n) is 3.84. The minimum atomic E-state index is -0.445. The topological polar surface area (TPSA) is 67.8 Å². The molecule has 1 amide bonds. The predicted molar refractivity (Wildman–Crippen MR) is 112 cm³/mol. The summed E-state index contributed by atoms with van der Waals surface area (Å²) in [6, 6.07) is 21.1. The van der Waals surface area contributed by atoms with Gasteiger partial charge in [0.25, 0.3) is 5.91 Å². The highest BCUT2D eigenvalue weighted by Crippen LogP contribution is 2.19. The Morgan fingerprint density at radius 3 is 2.46 bits per heavy atom. The molecule has 0 radical (unpaired) electrons. The number of ether oxygens (including phenoxy) is 1. The summed E-state index contributed by atoms with van der Waals surface area (Å²) in [4.78, 5) is 24.2. The summed E-state index contributed by atoms with van der Waals surface area (Å²) in [5.41, 5.74) is 5.25. The van der Waals surface area contributed by atoms with Crippen LogP contribution in [0.1, 0.15) is 31.8 Å². The van der Waals surface area contributed by atoms with E-state index in [1.54, 1.807) is 54.6 Å². The fourth-order valence-electron chi connectivity index (χ4n) is 2.43. The number of hydrogen-bond donors (Lipinski definition) is 1. The molecular formula is C22H17BrN2O3. The molecule has 1 N–H and O–H groups in total. The zero-order valence-electron chi connectivity index (χ0n) is 15.1. The molecule has 0 aliphatic carbocycles. The maximum atomic E-state index is 12.2. The second kappa shape index (κ2) is 9.10. The van der Waals surface area contributed by atoms with E-state index in [0.717, 1.165) is 11.1 Å². The second-order valence-corrected chi connectivity index (χ2v) is 6.86. The molecule has 0 unspecified atom stereocenters. The zero-order valence-corrected chi connectivity index (χ0v) is 16.6. The number of aryl methyl sites for hydroxylation is 1. The van der Waals surface area contributed by atoms with E-state index in [4.69, 9.17) is 4.74 Å². The lowest BCUT2D eigenvalue weighted by atomic mass is 10.1. The first-order valence-electron chi connectivity index (χ1n) is 8.50. The van der Waals surface area contributed by atoms with Crippen molar-refractivity contribution in [2.75, 3.05) is 0 Å². The van der Waals surface area contributed by atoms with E-state index in [1.165, 1.54) is 6.21 Å². The van der Waals surface area contributed by atoms with Crippen LogP contribution in [0.4, 0.5) is 0 Å². The number of hydrazone groups is 1. The summed E-state index contributed by atoms with van der Waals surface area (Å²) in [5.74, 6) is -0.306. The minimum absolute atomic E-state index is 0.279. The third-order valence-corrected chi connectivity index (χ3v) is 4.54. The highest BCUT2D eigenvalue weighted by molar-refractivity contribution is 9.10. The molecule has 0 aliphatic heterocycles. The van der Waals surface area contributed by atoms with Crippen LogP contribution in [0.25, 0.3) is 0 Å². The number of carbonyl (C=O) groups excluding carboxylic acids is 2. The number of hydrogen-bond acceptors (Lipinski definition) is 4. The van der Waals surface area contributed by atoms with Gasteiger partial charge >= 0.3 is 5.97 Å². The van der Waals surface area contributed by atoms with E-state index in [2.05, 4.69) is 26.5 Å². The number of benzene rings is 3. The summed E-state index contributed by atoms with van der Waals surface area (Å²) in [6.45, 7) is 1.92. The number of nitrogens with one attached hydrogen (secondary N) is 1. The van der Waals surface area contributed by atoms with Crippen LogP contribution >= 0.6 is 15.9 Å². The van der Waals surface area contributed by atoms with Crippen molar-refractivity contribution in [3.05, 3.63) is 99.5 Å². The van der Waals surface area contributed by atoms with Gasteiger partial charge in [0.15, 0.2) is 0 Å². The maximum absolute atomic E-state index is 12.2. The molecule has 0 bridgehead atoms. The Morgan fingerprint density at radius 2 is 1.75 bits per heavy atom. The van der Waals surface area contributed by atoms with Crippen LogP contribution < -0.4 is 10.2 Å². The first kappa shape index (κ1) is 19.5. The van der Waals surface area contributed by atoms with Crippen molar-refractivity contribution in [2.45, 2.75) is 6.92 Å². The molecule has 0 saturated carbocycles. The van der Waals surface area contributed by atoms with Gasteiger partial charge in [-0.15, -0.1) is 0 Å². The van der Waals surface area contributed by atoms with Crippen molar-refractivity contribution in [1.82, 2.24) is 5.43 Å². The van der Waals surface area contributed by atoms with E-state index < -0.39 is 5.97 Å². The molecule has 5 nitrogen and oxygen atoms in total. The maximum Gasteiger partial charge on any atom is 0.344 e. The molecule has 0 saturated heterocycles. The van der Waals surface area contributed by atoms with Gasteiger partial charge in [-0.2, -0.15) is 5.10 Å². The summed E-state index contributed by atoms with van der Waals surface area (Å²) in [5, 5.41) is 3.96. The lowest BCUT2D eigenvalue weighted by Crippen LogP contribution is -2.17. The molecule has 3 aromatic rings. The molecule has 3 rings (SSSR count). The average molecular weight is 437 g/mol. The highest BCUT2D eigenvalue weighted by atomic mass is 79.9. The SMILES string of the molecule is Cc1cccc(C(=O)NN=Cc2ccc(OC(=O)c3ccccc3Br)cc2)c1. The molecule has 0 heterocycles. The summed E-state index contributed by atoms with van der Waals surface area (Å²) >= 11 is 3.33. The van der Waals surface area contributed by atoms with Crippen LogP contribution in [0.15, 0.2) is 82.4 Å². The molecule has 28 heavy (non-hydrogen) atoms. The Balaban J connectivity index is 1.58. The van der Waals surface area contributed by atoms with Crippen LogP contribution in [0, 0.1) is 6.92 Å². The molecule has 0 spiro atoms. The number of nitrogens with zero attached hydrogens (tertiary/aromatic N) is 1. The smallest absolute Gasteiger partial charge is 0.344 e. The lowest BCUT2D eigenvalue weighted by Gasteiger charge is -2.06. The van der Waals surface area contributed by atoms with Gasteiger partial charge in [-0.1, -0.05) is 29.8 Å². The highest BCUT2D eigenvalue weighted by Gasteiger charge is 2.11. The summed E-state index contributed by atoms with van der Waals surface area (Å²) in [7, 11) is 0. The van der Waals surface area contributed by atoms with Gasteiger partial charge in [0.05, 0.1) is 11.8 Å². The predicted octanol–water partition coefficient (Wildman–Crippen LogP) is 4.74. The van der Waals surface area contributed by atoms with Gasteiger partial charge in [-0.05, 0) is 76.9 Å². The minimum Gasteiger partial charge on any atom is -0.423 e. The fourth-order valence-corrected chi connectivity index (χ4v) is 2.87. The number of amides is 1. The molecule has 0 fully saturated rings. The van der Waals surface area contributed by atoms with Crippen LogP contribution in [0.2, 0.25) is 0 Å². The number of esters is 1. The van der Waals surface area contributed by atoms with Gasteiger partial charge in [-0.25, -0.2) is 10.2 Å². The van der Waals surface area contributed by atoms with Crippen molar-refractivity contribution in [1.29, 1.82) is 0 Å². The zero-order chi connectivity index (χ0) is 19.9. The van der Waals surface area contributed by atoms with Crippen molar-refractivity contribution in [2.24, 2.45) is 5.10 Å². The molecule has 6 heteroatoms. The van der Waals surface area contributed by atoms with E-state index in [9.17, 15) is 9.59 Å². The third kappa shape index (κ3) is 5.14. The van der Waals surface area contributed by atoms with E-state index >= 15 is 0 Å². The van der Waals surface area contributed by atoms with Crippen LogP contribution in [0.5, 0.6) is 5.75 Å². The van der Waals surface area contributed by atoms with Gasteiger partial charge < -0.3 is 4.74 Å². The van der Waals surface area contributed by atoms with Crippen molar-refractivity contribution in [3.63, 3.8) is 0 Å². The largest absolute Gasteiger partial charge is 0.423 e.